The van der Waals surface area contributed by atoms with Crippen LogP contribution in [-0.2, 0) is 6.42 Å². The molecule has 23 heavy (non-hydrogen) atoms. The van der Waals surface area contributed by atoms with Gasteiger partial charge in [-0.25, -0.2) is 4.79 Å². The monoisotopic (exact) mass is 339 g/mol. The van der Waals surface area contributed by atoms with Crippen LogP contribution in [0.2, 0.25) is 18.1 Å². The molecular formula is C17H29NO4Si. The molecule has 0 aliphatic rings. The highest BCUT2D eigenvalue weighted by Gasteiger charge is 2.38. The Hall–Kier alpha value is -1.53. The number of carbonyl (C=O) groups is 1. The maximum atomic E-state index is 10.8. The maximum absolute atomic E-state index is 10.8. The van der Waals surface area contributed by atoms with Crippen molar-refractivity contribution in [2.24, 2.45) is 0 Å². The molecule has 0 bridgehead atoms. The Morgan fingerprint density at radius 1 is 1.17 bits per heavy atom. The summed E-state index contributed by atoms with van der Waals surface area (Å²) in [6, 6.07) is 7.66. The van der Waals surface area contributed by atoms with Gasteiger partial charge in [-0.2, -0.15) is 0 Å². The van der Waals surface area contributed by atoms with Crippen LogP contribution in [0.4, 0.5) is 4.79 Å². The van der Waals surface area contributed by atoms with Gasteiger partial charge in [0.25, 0.3) is 0 Å². The highest BCUT2D eigenvalue weighted by atomic mass is 28.4. The van der Waals surface area contributed by atoms with Gasteiger partial charge in [-0.1, -0.05) is 32.9 Å². The van der Waals surface area contributed by atoms with E-state index in [2.05, 4.69) is 39.2 Å². The Kier molecular flexibility index (Phi) is 5.88. The van der Waals surface area contributed by atoms with Crippen molar-refractivity contribution in [1.82, 2.24) is 5.32 Å². The van der Waals surface area contributed by atoms with E-state index >= 15 is 0 Å². The van der Waals surface area contributed by atoms with Crippen molar-refractivity contribution in [3.8, 4) is 5.75 Å². The van der Waals surface area contributed by atoms with E-state index in [-0.39, 0.29) is 11.6 Å². The summed E-state index contributed by atoms with van der Waals surface area (Å²) in [6.45, 7) is 12.4. The molecule has 3 N–H and O–H groups in total. The Balaban J connectivity index is 2.83. The van der Waals surface area contributed by atoms with Gasteiger partial charge in [0, 0.05) is 0 Å². The first-order chi connectivity index (χ1) is 10.4. The van der Waals surface area contributed by atoms with Crippen LogP contribution in [0.25, 0.3) is 0 Å². The summed E-state index contributed by atoms with van der Waals surface area (Å²) >= 11 is 0. The topological polar surface area (TPSA) is 78.8 Å². The van der Waals surface area contributed by atoms with Gasteiger partial charge in [0.2, 0.25) is 8.32 Å². The SMILES string of the molecule is CC(C)(C)[Si](C)(C)Oc1ccc(C[C@@](C)(CO)NC(=O)O)cc1. The smallest absolute Gasteiger partial charge is 0.405 e. The fourth-order valence-corrected chi connectivity index (χ4v) is 3.00. The molecule has 130 valence electrons. The molecule has 0 aliphatic heterocycles. The van der Waals surface area contributed by atoms with Gasteiger partial charge >= 0.3 is 6.09 Å². The van der Waals surface area contributed by atoms with Crippen LogP contribution in [0.1, 0.15) is 33.3 Å². The largest absolute Gasteiger partial charge is 0.544 e. The van der Waals surface area contributed by atoms with Crippen LogP contribution in [0.3, 0.4) is 0 Å². The molecule has 1 amide bonds. The molecule has 0 heterocycles. The van der Waals surface area contributed by atoms with Crippen molar-refractivity contribution >= 4 is 14.4 Å². The van der Waals surface area contributed by atoms with Gasteiger partial charge in [0.05, 0.1) is 12.1 Å². The Morgan fingerprint density at radius 2 is 1.70 bits per heavy atom. The fraction of sp³-hybridized carbons (Fsp3) is 0.588. The number of benzene rings is 1. The predicted octanol–water partition coefficient (Wildman–Crippen LogP) is 3.63. The zero-order chi connectivity index (χ0) is 17.9. The van der Waals surface area contributed by atoms with Crippen molar-refractivity contribution in [2.75, 3.05) is 6.61 Å². The first kappa shape index (κ1) is 19.5. The normalized spacial score (nSPS) is 14.9. The lowest BCUT2D eigenvalue weighted by Crippen LogP contribution is -2.50. The van der Waals surface area contributed by atoms with Gasteiger partial charge in [-0.05, 0) is 49.2 Å². The quantitative estimate of drug-likeness (QED) is 0.692. The van der Waals surface area contributed by atoms with Crippen LogP contribution in [-0.4, -0.2) is 36.8 Å². The number of carboxylic acid groups (broad SMARTS) is 1. The standard InChI is InChI=1S/C17H29NO4Si/c1-16(2,3)23(5,6)22-14-9-7-13(8-10-14)11-17(4,12-19)18-15(20)21/h7-10,18-19H,11-12H2,1-6H3,(H,20,21)/t17-/m0/s1. The predicted molar refractivity (Wildman–Crippen MR) is 94.6 cm³/mol. The molecule has 1 rings (SSSR count). The van der Waals surface area contributed by atoms with Gasteiger partial charge in [-0.3, -0.25) is 0 Å². The average Bonchev–Trinajstić information content (AvgIpc) is 2.38. The first-order valence-electron chi connectivity index (χ1n) is 7.78. The van der Waals surface area contributed by atoms with Gasteiger partial charge in [-0.15, -0.1) is 0 Å². The third kappa shape index (κ3) is 5.55. The van der Waals surface area contributed by atoms with Crippen LogP contribution in [0.5, 0.6) is 5.75 Å². The van der Waals surface area contributed by atoms with Crippen LogP contribution in [0.15, 0.2) is 24.3 Å². The molecular weight excluding hydrogens is 310 g/mol. The molecule has 5 nitrogen and oxygen atoms in total. The van der Waals surface area contributed by atoms with E-state index in [9.17, 15) is 9.90 Å². The molecule has 0 fully saturated rings. The van der Waals surface area contributed by atoms with E-state index < -0.39 is 19.9 Å². The van der Waals surface area contributed by atoms with E-state index in [0.717, 1.165) is 11.3 Å². The van der Waals surface area contributed by atoms with Gasteiger partial charge in [0.15, 0.2) is 0 Å². The zero-order valence-electron chi connectivity index (χ0n) is 14.9. The third-order valence-electron chi connectivity index (χ3n) is 4.45. The highest BCUT2D eigenvalue weighted by molar-refractivity contribution is 6.74. The van der Waals surface area contributed by atoms with Gasteiger partial charge < -0.3 is 20.0 Å². The molecule has 0 spiro atoms. The number of amides is 1. The maximum Gasteiger partial charge on any atom is 0.405 e. The minimum absolute atomic E-state index is 0.131. The minimum Gasteiger partial charge on any atom is -0.544 e. The molecule has 1 aromatic carbocycles. The number of nitrogens with one attached hydrogen (secondary N) is 1. The molecule has 0 saturated heterocycles. The molecule has 0 aromatic heterocycles. The van der Waals surface area contributed by atoms with Crippen LogP contribution >= 0.6 is 0 Å². The first-order valence-corrected chi connectivity index (χ1v) is 10.7. The second kappa shape index (κ2) is 6.92. The molecule has 0 unspecified atom stereocenters. The second-order valence-electron chi connectivity index (χ2n) is 7.83. The Morgan fingerprint density at radius 3 is 2.09 bits per heavy atom. The third-order valence-corrected chi connectivity index (χ3v) is 8.81. The lowest BCUT2D eigenvalue weighted by atomic mass is 9.94. The summed E-state index contributed by atoms with van der Waals surface area (Å²) < 4.78 is 6.22. The van der Waals surface area contributed by atoms with E-state index in [1.54, 1.807) is 6.92 Å². The van der Waals surface area contributed by atoms with E-state index in [0.29, 0.717) is 6.42 Å². The summed E-state index contributed by atoms with van der Waals surface area (Å²) in [7, 11) is -1.87. The molecule has 6 heteroatoms. The second-order valence-corrected chi connectivity index (χ2v) is 12.6. The van der Waals surface area contributed by atoms with Gasteiger partial charge in [0.1, 0.15) is 5.75 Å². The Labute approximate surface area is 139 Å². The number of rotatable bonds is 6. The molecule has 0 aliphatic carbocycles. The zero-order valence-corrected chi connectivity index (χ0v) is 15.9. The van der Waals surface area contributed by atoms with Crippen molar-refractivity contribution < 1.29 is 19.4 Å². The van der Waals surface area contributed by atoms with E-state index in [1.807, 2.05) is 24.3 Å². The molecule has 1 atom stereocenters. The molecule has 0 saturated carbocycles. The molecule has 1 aromatic rings. The number of aliphatic hydroxyl groups excluding tert-OH is 1. The molecule has 0 radical (unpaired) electrons. The van der Waals surface area contributed by atoms with Crippen molar-refractivity contribution in [3.63, 3.8) is 0 Å². The lowest BCUT2D eigenvalue weighted by Gasteiger charge is -2.36. The summed E-state index contributed by atoms with van der Waals surface area (Å²) in [6.07, 6.45) is -0.727. The Bertz CT molecular complexity index is 537. The van der Waals surface area contributed by atoms with Crippen molar-refractivity contribution in [3.05, 3.63) is 29.8 Å². The van der Waals surface area contributed by atoms with Crippen LogP contribution in [0, 0.1) is 0 Å². The van der Waals surface area contributed by atoms with Crippen molar-refractivity contribution in [1.29, 1.82) is 0 Å². The number of aliphatic hydroxyl groups is 1. The highest BCUT2D eigenvalue weighted by Crippen LogP contribution is 2.37. The lowest BCUT2D eigenvalue weighted by molar-refractivity contribution is 0.146. The number of hydrogen-bond acceptors (Lipinski definition) is 3. The summed E-state index contributed by atoms with van der Waals surface area (Å²) in [5.74, 6) is 0.831. The number of hydrogen-bond donors (Lipinski definition) is 3. The minimum atomic E-state index is -1.87. The van der Waals surface area contributed by atoms with Crippen LogP contribution < -0.4 is 9.74 Å². The summed E-state index contributed by atoms with van der Waals surface area (Å²) in [5, 5.41) is 20.8. The average molecular weight is 340 g/mol. The summed E-state index contributed by atoms with van der Waals surface area (Å²) in [5.41, 5.74) is 0.0473. The van der Waals surface area contributed by atoms with Crippen molar-refractivity contribution in [2.45, 2.75) is 57.8 Å². The fourth-order valence-electron chi connectivity index (χ4n) is 1.97. The van der Waals surface area contributed by atoms with E-state index in [1.165, 1.54) is 0 Å². The summed E-state index contributed by atoms with van der Waals surface area (Å²) in [4.78, 5) is 10.8. The van der Waals surface area contributed by atoms with E-state index in [4.69, 9.17) is 9.53 Å².